The molecule has 0 unspecified atom stereocenters. The Morgan fingerprint density at radius 1 is 1.29 bits per heavy atom. The van der Waals surface area contributed by atoms with Gasteiger partial charge in [-0.15, -0.1) is 0 Å². The highest BCUT2D eigenvalue weighted by molar-refractivity contribution is 7.91. The average Bonchev–Trinajstić information content (AvgIpc) is 3.03. The lowest BCUT2D eigenvalue weighted by molar-refractivity contribution is -0.131. The van der Waals surface area contributed by atoms with Crippen LogP contribution in [0.1, 0.15) is 43.3 Å². The van der Waals surface area contributed by atoms with E-state index in [2.05, 4.69) is 10.1 Å². The van der Waals surface area contributed by atoms with Crippen molar-refractivity contribution < 1.29 is 17.7 Å². The number of sulfone groups is 1. The van der Waals surface area contributed by atoms with Crippen LogP contribution in [0.2, 0.25) is 0 Å². The smallest absolute Gasteiger partial charge is 0.236 e. The van der Waals surface area contributed by atoms with E-state index in [1.54, 1.807) is 19.0 Å². The third-order valence-electron chi connectivity index (χ3n) is 4.96. The third kappa shape index (κ3) is 3.94. The molecule has 0 aromatic carbocycles. The summed E-state index contributed by atoms with van der Waals surface area (Å²) in [6.45, 7) is 0.482. The minimum absolute atomic E-state index is 0.0808. The summed E-state index contributed by atoms with van der Waals surface area (Å²) < 4.78 is 28.3. The second-order valence-corrected chi connectivity index (χ2v) is 9.13. The van der Waals surface area contributed by atoms with Crippen LogP contribution in [0.25, 0.3) is 0 Å². The molecule has 0 bridgehead atoms. The molecule has 134 valence electrons. The number of rotatable bonds is 6. The minimum Gasteiger partial charge on any atom is -0.339 e. The molecule has 1 saturated carbocycles. The van der Waals surface area contributed by atoms with Crippen molar-refractivity contribution in [1.82, 2.24) is 19.9 Å². The van der Waals surface area contributed by atoms with Gasteiger partial charge in [0.1, 0.15) is 0 Å². The van der Waals surface area contributed by atoms with Crippen molar-refractivity contribution in [1.29, 1.82) is 0 Å². The van der Waals surface area contributed by atoms with E-state index in [1.165, 1.54) is 6.42 Å². The van der Waals surface area contributed by atoms with Crippen LogP contribution < -0.4 is 0 Å². The molecule has 0 spiro atoms. The maximum atomic E-state index is 12.3. The summed E-state index contributed by atoms with van der Waals surface area (Å²) in [5, 5.41) is 3.94. The first-order chi connectivity index (χ1) is 11.3. The molecule has 1 saturated heterocycles. The Morgan fingerprint density at radius 3 is 2.62 bits per heavy atom. The largest absolute Gasteiger partial charge is 0.339 e. The van der Waals surface area contributed by atoms with Crippen molar-refractivity contribution in [3.63, 3.8) is 0 Å². The molecule has 2 heterocycles. The maximum absolute atomic E-state index is 12.3. The van der Waals surface area contributed by atoms with Crippen LogP contribution in [-0.4, -0.2) is 72.5 Å². The Hall–Kier alpha value is -1.48. The van der Waals surface area contributed by atoms with Gasteiger partial charge in [-0.05, 0) is 26.3 Å². The fraction of sp³-hybridized carbons (Fsp3) is 0.800. The van der Waals surface area contributed by atoms with Gasteiger partial charge in [0.05, 0.1) is 24.6 Å². The lowest BCUT2D eigenvalue weighted by atomic mass is 9.85. The SMILES string of the molecule is CN(Cc1noc(C2CCC2)n1)C(=O)CN(C)[C@H]1CCS(=O)(=O)C1. The molecule has 1 aliphatic heterocycles. The first kappa shape index (κ1) is 17.3. The van der Waals surface area contributed by atoms with Crippen molar-refractivity contribution in [2.75, 3.05) is 32.1 Å². The molecule has 0 N–H and O–H groups in total. The predicted molar refractivity (Wildman–Crippen MR) is 87.1 cm³/mol. The molecular formula is C15H24N4O4S. The summed E-state index contributed by atoms with van der Waals surface area (Å²) in [5.74, 6) is 1.82. The zero-order valence-corrected chi connectivity index (χ0v) is 15.0. The van der Waals surface area contributed by atoms with Gasteiger partial charge in [0.25, 0.3) is 0 Å². The van der Waals surface area contributed by atoms with Gasteiger partial charge in [0.15, 0.2) is 15.7 Å². The summed E-state index contributed by atoms with van der Waals surface area (Å²) in [7, 11) is 0.541. The standard InChI is InChI=1S/C15H24N4O4S/c1-18(12-6-7-24(21,22)10-12)9-14(20)19(2)8-13-16-15(23-17-13)11-4-3-5-11/h11-12H,3-10H2,1-2H3/t12-/m0/s1. The van der Waals surface area contributed by atoms with E-state index in [-0.39, 0.29) is 30.0 Å². The number of likely N-dealkylation sites (N-methyl/N-ethyl adjacent to an activating group) is 2. The van der Waals surface area contributed by atoms with Gasteiger partial charge in [-0.2, -0.15) is 4.98 Å². The maximum Gasteiger partial charge on any atom is 0.236 e. The molecule has 1 amide bonds. The van der Waals surface area contributed by atoms with Crippen LogP contribution in [-0.2, 0) is 21.2 Å². The van der Waals surface area contributed by atoms with Gasteiger partial charge in [-0.25, -0.2) is 8.42 Å². The van der Waals surface area contributed by atoms with Crippen LogP contribution in [0.5, 0.6) is 0 Å². The van der Waals surface area contributed by atoms with Gasteiger partial charge in [-0.3, -0.25) is 9.69 Å². The van der Waals surface area contributed by atoms with E-state index < -0.39 is 9.84 Å². The first-order valence-corrected chi connectivity index (χ1v) is 10.1. The van der Waals surface area contributed by atoms with E-state index >= 15 is 0 Å². The Balaban J connectivity index is 1.50. The van der Waals surface area contributed by atoms with Crippen molar-refractivity contribution in [2.24, 2.45) is 0 Å². The van der Waals surface area contributed by atoms with Crippen LogP contribution in [0, 0.1) is 0 Å². The normalized spacial score (nSPS) is 23.4. The predicted octanol–water partition coefficient (Wildman–Crippen LogP) is 0.414. The number of hydrogen-bond donors (Lipinski definition) is 0. The molecule has 3 rings (SSSR count). The number of hydrogen-bond acceptors (Lipinski definition) is 7. The number of aromatic nitrogens is 2. The van der Waals surface area contributed by atoms with E-state index in [1.807, 2.05) is 4.90 Å². The Bertz CT molecular complexity index is 698. The lowest BCUT2D eigenvalue weighted by Crippen LogP contribution is -2.41. The van der Waals surface area contributed by atoms with Gasteiger partial charge >= 0.3 is 0 Å². The molecule has 1 aromatic heterocycles. The summed E-state index contributed by atoms with van der Waals surface area (Å²) in [6.07, 6.45) is 3.96. The van der Waals surface area contributed by atoms with E-state index in [9.17, 15) is 13.2 Å². The number of carbonyl (C=O) groups excluding carboxylic acids is 1. The van der Waals surface area contributed by atoms with E-state index in [0.29, 0.717) is 30.6 Å². The molecule has 2 aliphatic rings. The second kappa shape index (κ2) is 6.79. The molecule has 2 fully saturated rings. The number of nitrogens with zero attached hydrogens (tertiary/aromatic N) is 4. The highest BCUT2D eigenvalue weighted by Gasteiger charge is 2.32. The zero-order chi connectivity index (χ0) is 17.3. The van der Waals surface area contributed by atoms with E-state index in [4.69, 9.17) is 4.52 Å². The fourth-order valence-corrected chi connectivity index (χ4v) is 4.84. The van der Waals surface area contributed by atoms with Crippen molar-refractivity contribution in [3.05, 3.63) is 11.7 Å². The van der Waals surface area contributed by atoms with Crippen LogP contribution >= 0.6 is 0 Å². The molecule has 1 atom stereocenters. The Kier molecular flexibility index (Phi) is 4.91. The first-order valence-electron chi connectivity index (χ1n) is 8.31. The molecule has 1 aliphatic carbocycles. The van der Waals surface area contributed by atoms with Gasteiger partial charge in [0.2, 0.25) is 11.8 Å². The monoisotopic (exact) mass is 356 g/mol. The average molecular weight is 356 g/mol. The number of carbonyl (C=O) groups is 1. The van der Waals surface area contributed by atoms with Crippen molar-refractivity contribution >= 4 is 15.7 Å². The Labute approximate surface area is 142 Å². The number of amides is 1. The van der Waals surface area contributed by atoms with Gasteiger partial charge in [0, 0.05) is 19.0 Å². The van der Waals surface area contributed by atoms with Gasteiger partial charge < -0.3 is 9.42 Å². The van der Waals surface area contributed by atoms with Gasteiger partial charge in [-0.1, -0.05) is 11.6 Å². The summed E-state index contributed by atoms with van der Waals surface area (Å²) in [4.78, 5) is 20.1. The zero-order valence-electron chi connectivity index (χ0n) is 14.1. The molecule has 0 radical (unpaired) electrons. The second-order valence-electron chi connectivity index (χ2n) is 6.90. The lowest BCUT2D eigenvalue weighted by Gasteiger charge is -2.25. The fourth-order valence-electron chi connectivity index (χ4n) is 3.04. The summed E-state index contributed by atoms with van der Waals surface area (Å²) in [5.41, 5.74) is 0. The van der Waals surface area contributed by atoms with Crippen LogP contribution in [0.3, 0.4) is 0 Å². The molecule has 8 nitrogen and oxygen atoms in total. The quantitative estimate of drug-likeness (QED) is 0.728. The van der Waals surface area contributed by atoms with E-state index in [0.717, 1.165) is 12.8 Å². The topological polar surface area (TPSA) is 96.6 Å². The minimum atomic E-state index is -2.95. The van der Waals surface area contributed by atoms with Crippen molar-refractivity contribution in [2.45, 2.75) is 44.2 Å². The van der Waals surface area contributed by atoms with Crippen LogP contribution in [0.4, 0.5) is 0 Å². The molecule has 24 heavy (non-hydrogen) atoms. The third-order valence-corrected chi connectivity index (χ3v) is 6.71. The summed E-state index contributed by atoms with van der Waals surface area (Å²) >= 11 is 0. The Morgan fingerprint density at radius 2 is 2.04 bits per heavy atom. The van der Waals surface area contributed by atoms with Crippen molar-refractivity contribution in [3.8, 4) is 0 Å². The summed E-state index contributed by atoms with van der Waals surface area (Å²) in [6, 6.07) is -0.0808. The molecule has 9 heteroatoms. The molecular weight excluding hydrogens is 332 g/mol. The molecule has 1 aromatic rings. The highest BCUT2D eigenvalue weighted by atomic mass is 32.2. The van der Waals surface area contributed by atoms with Crippen LogP contribution in [0.15, 0.2) is 4.52 Å². The highest BCUT2D eigenvalue weighted by Crippen LogP contribution is 2.35.